The molecular formula is C6H13NO6S. The van der Waals surface area contributed by atoms with Crippen LogP contribution in [-0.2, 0) is 14.8 Å². The summed E-state index contributed by atoms with van der Waals surface area (Å²) in [5, 5.41) is 26.0. The SMILES string of the molecule is CC(O)(CO)CNS(=O)(=O)CC(=O)O. The Morgan fingerprint density at radius 2 is 2.00 bits per heavy atom. The van der Waals surface area contributed by atoms with Crippen LogP contribution in [0.2, 0.25) is 0 Å². The van der Waals surface area contributed by atoms with Crippen molar-refractivity contribution in [1.82, 2.24) is 4.72 Å². The molecule has 8 heteroatoms. The van der Waals surface area contributed by atoms with Crippen LogP contribution < -0.4 is 4.72 Å². The van der Waals surface area contributed by atoms with Crippen molar-refractivity contribution in [3.63, 3.8) is 0 Å². The Labute approximate surface area is 81.4 Å². The molecule has 7 nitrogen and oxygen atoms in total. The van der Waals surface area contributed by atoms with Crippen molar-refractivity contribution in [1.29, 1.82) is 0 Å². The summed E-state index contributed by atoms with van der Waals surface area (Å²) in [5.41, 5.74) is -1.59. The van der Waals surface area contributed by atoms with Gasteiger partial charge in [0.25, 0.3) is 0 Å². The quantitative estimate of drug-likeness (QED) is 0.406. The number of hydrogen-bond acceptors (Lipinski definition) is 5. The summed E-state index contributed by atoms with van der Waals surface area (Å²) in [6.45, 7) is 0.165. The second-order valence-electron chi connectivity index (χ2n) is 3.13. The van der Waals surface area contributed by atoms with Gasteiger partial charge in [-0.2, -0.15) is 0 Å². The lowest BCUT2D eigenvalue weighted by molar-refractivity contribution is -0.134. The zero-order chi connectivity index (χ0) is 11.4. The van der Waals surface area contributed by atoms with E-state index in [-0.39, 0.29) is 0 Å². The molecule has 0 aromatic carbocycles. The van der Waals surface area contributed by atoms with Gasteiger partial charge in [0.15, 0.2) is 5.75 Å². The number of sulfonamides is 1. The van der Waals surface area contributed by atoms with Gasteiger partial charge in [0.05, 0.1) is 12.2 Å². The van der Waals surface area contributed by atoms with E-state index in [4.69, 9.17) is 10.2 Å². The summed E-state index contributed by atoms with van der Waals surface area (Å²) in [5.74, 6) is -2.55. The number of rotatable bonds is 6. The molecule has 0 spiro atoms. The first-order valence-electron chi connectivity index (χ1n) is 3.71. The van der Waals surface area contributed by atoms with Crippen LogP contribution in [-0.4, -0.2) is 54.2 Å². The maximum atomic E-state index is 10.9. The standard InChI is InChI=1S/C6H13NO6S/c1-6(11,4-8)3-7-14(12,13)2-5(9)10/h7-8,11H,2-4H2,1H3,(H,9,10). The maximum Gasteiger partial charge on any atom is 0.320 e. The highest BCUT2D eigenvalue weighted by atomic mass is 32.2. The van der Waals surface area contributed by atoms with Gasteiger partial charge in [-0.3, -0.25) is 4.79 Å². The van der Waals surface area contributed by atoms with Gasteiger partial charge in [0.2, 0.25) is 10.0 Å². The first-order valence-corrected chi connectivity index (χ1v) is 5.36. The number of aliphatic hydroxyl groups is 2. The number of aliphatic carboxylic acids is 1. The average molecular weight is 227 g/mol. The van der Waals surface area contributed by atoms with Gasteiger partial charge in [0, 0.05) is 6.54 Å². The van der Waals surface area contributed by atoms with Crippen molar-refractivity contribution < 1.29 is 28.5 Å². The molecule has 0 rings (SSSR count). The van der Waals surface area contributed by atoms with E-state index in [1.54, 1.807) is 0 Å². The lowest BCUT2D eigenvalue weighted by atomic mass is 10.1. The van der Waals surface area contributed by atoms with Crippen LogP contribution in [0.5, 0.6) is 0 Å². The Balaban J connectivity index is 4.20. The van der Waals surface area contributed by atoms with Gasteiger partial charge in [-0.15, -0.1) is 0 Å². The van der Waals surface area contributed by atoms with E-state index in [1.165, 1.54) is 6.92 Å². The van der Waals surface area contributed by atoms with Crippen molar-refractivity contribution in [2.24, 2.45) is 0 Å². The average Bonchev–Trinajstić information content (AvgIpc) is 1.99. The predicted octanol–water partition coefficient (Wildman–Crippen LogP) is -2.27. The summed E-state index contributed by atoms with van der Waals surface area (Å²) in [4.78, 5) is 10.1. The molecule has 0 fully saturated rings. The van der Waals surface area contributed by atoms with Crippen LogP contribution >= 0.6 is 0 Å². The lowest BCUT2D eigenvalue weighted by Crippen LogP contribution is -2.44. The van der Waals surface area contributed by atoms with E-state index in [1.807, 2.05) is 4.72 Å². The second kappa shape index (κ2) is 4.69. The molecule has 0 saturated heterocycles. The topological polar surface area (TPSA) is 124 Å². The minimum Gasteiger partial charge on any atom is -0.480 e. The number of hydrogen-bond donors (Lipinski definition) is 4. The largest absolute Gasteiger partial charge is 0.480 e. The van der Waals surface area contributed by atoms with Crippen LogP contribution in [0.25, 0.3) is 0 Å². The molecule has 0 bridgehead atoms. The van der Waals surface area contributed by atoms with E-state index >= 15 is 0 Å². The fourth-order valence-electron chi connectivity index (χ4n) is 0.535. The van der Waals surface area contributed by atoms with Gasteiger partial charge in [-0.25, -0.2) is 13.1 Å². The molecule has 0 aliphatic heterocycles. The molecule has 84 valence electrons. The van der Waals surface area contributed by atoms with Crippen molar-refractivity contribution in [3.8, 4) is 0 Å². The summed E-state index contributed by atoms with van der Waals surface area (Å²) >= 11 is 0. The smallest absolute Gasteiger partial charge is 0.320 e. The van der Waals surface area contributed by atoms with Crippen LogP contribution in [0.4, 0.5) is 0 Å². The molecule has 0 aliphatic rings. The minimum atomic E-state index is -3.94. The third kappa shape index (κ3) is 5.86. The maximum absolute atomic E-state index is 10.9. The molecule has 1 unspecified atom stereocenters. The van der Waals surface area contributed by atoms with E-state index in [0.717, 1.165) is 0 Å². The second-order valence-corrected chi connectivity index (χ2v) is 4.94. The molecule has 0 amide bonds. The number of aliphatic hydroxyl groups excluding tert-OH is 1. The molecule has 1 atom stereocenters. The van der Waals surface area contributed by atoms with Gasteiger partial charge >= 0.3 is 5.97 Å². The number of carbonyl (C=O) groups is 1. The predicted molar refractivity (Wildman–Crippen MR) is 47.1 cm³/mol. The van der Waals surface area contributed by atoms with E-state index < -0.39 is 40.5 Å². The molecule has 0 aromatic rings. The fourth-order valence-corrected chi connectivity index (χ4v) is 1.49. The Bertz CT molecular complexity index is 295. The third-order valence-electron chi connectivity index (χ3n) is 1.33. The molecule has 0 radical (unpaired) electrons. The first-order chi connectivity index (χ1) is 6.18. The molecule has 0 aromatic heterocycles. The molecule has 0 heterocycles. The molecule has 4 N–H and O–H groups in total. The fraction of sp³-hybridized carbons (Fsp3) is 0.833. The van der Waals surface area contributed by atoms with Crippen molar-refractivity contribution >= 4 is 16.0 Å². The minimum absolute atomic E-state index is 0.431. The highest BCUT2D eigenvalue weighted by Crippen LogP contribution is 1.99. The molecular weight excluding hydrogens is 214 g/mol. The van der Waals surface area contributed by atoms with E-state index in [2.05, 4.69) is 0 Å². The van der Waals surface area contributed by atoms with Gasteiger partial charge in [0.1, 0.15) is 0 Å². The van der Waals surface area contributed by atoms with E-state index in [9.17, 15) is 18.3 Å². The van der Waals surface area contributed by atoms with Crippen LogP contribution in [0.15, 0.2) is 0 Å². The van der Waals surface area contributed by atoms with E-state index in [0.29, 0.717) is 0 Å². The monoisotopic (exact) mass is 227 g/mol. The van der Waals surface area contributed by atoms with Crippen LogP contribution in [0, 0.1) is 0 Å². The zero-order valence-electron chi connectivity index (χ0n) is 7.60. The van der Waals surface area contributed by atoms with Crippen LogP contribution in [0.1, 0.15) is 6.92 Å². The first kappa shape index (κ1) is 13.3. The summed E-state index contributed by atoms with van der Waals surface area (Å²) in [6, 6.07) is 0. The van der Waals surface area contributed by atoms with Gasteiger partial charge in [-0.05, 0) is 6.92 Å². The van der Waals surface area contributed by atoms with Gasteiger partial charge in [-0.1, -0.05) is 0 Å². The summed E-state index contributed by atoms with van der Waals surface area (Å²) in [6.07, 6.45) is 0. The number of carboxylic acid groups (broad SMARTS) is 1. The lowest BCUT2D eigenvalue weighted by Gasteiger charge is -2.20. The summed E-state index contributed by atoms with van der Waals surface area (Å²) < 4.78 is 23.7. The van der Waals surface area contributed by atoms with Crippen LogP contribution in [0.3, 0.4) is 0 Å². The molecule has 14 heavy (non-hydrogen) atoms. The zero-order valence-corrected chi connectivity index (χ0v) is 8.41. The highest BCUT2D eigenvalue weighted by Gasteiger charge is 2.23. The summed E-state index contributed by atoms with van der Waals surface area (Å²) in [7, 11) is -3.94. The highest BCUT2D eigenvalue weighted by molar-refractivity contribution is 7.90. The number of carboxylic acids is 1. The third-order valence-corrected chi connectivity index (χ3v) is 2.54. The van der Waals surface area contributed by atoms with Crippen molar-refractivity contribution in [3.05, 3.63) is 0 Å². The Hall–Kier alpha value is -0.700. The molecule has 0 saturated carbocycles. The molecule has 0 aliphatic carbocycles. The van der Waals surface area contributed by atoms with Crippen molar-refractivity contribution in [2.45, 2.75) is 12.5 Å². The van der Waals surface area contributed by atoms with Crippen molar-refractivity contribution in [2.75, 3.05) is 18.9 Å². The number of nitrogens with one attached hydrogen (secondary N) is 1. The Kier molecular flexibility index (Phi) is 4.46. The normalized spacial score (nSPS) is 16.2. The Morgan fingerprint density at radius 1 is 1.50 bits per heavy atom. The van der Waals surface area contributed by atoms with Gasteiger partial charge < -0.3 is 15.3 Å². The Morgan fingerprint density at radius 3 is 2.36 bits per heavy atom.